The average molecular weight is 249 g/mol. The first-order valence-electron chi connectivity index (χ1n) is 6.01. The first-order chi connectivity index (χ1) is 8.16. The summed E-state index contributed by atoms with van der Waals surface area (Å²) in [6, 6.07) is 2.20. The smallest absolute Gasteiger partial charge is 0.278 e. The Hall–Kier alpha value is -1.36. The number of nitrogens with zero attached hydrogens (tertiary/aromatic N) is 1. The van der Waals surface area contributed by atoms with Crippen molar-refractivity contribution in [2.45, 2.75) is 38.6 Å². The van der Waals surface area contributed by atoms with Crippen LogP contribution in [0.2, 0.25) is 0 Å². The van der Waals surface area contributed by atoms with Gasteiger partial charge in [0.25, 0.3) is 5.56 Å². The van der Waals surface area contributed by atoms with Gasteiger partial charge in [0.2, 0.25) is 0 Å². The summed E-state index contributed by atoms with van der Waals surface area (Å²) >= 11 is 5.31. The van der Waals surface area contributed by atoms with Crippen LogP contribution in [0.15, 0.2) is 10.9 Å². The van der Waals surface area contributed by atoms with Gasteiger partial charge in [-0.05, 0) is 38.0 Å². The van der Waals surface area contributed by atoms with E-state index in [1.807, 2.05) is 13.0 Å². The van der Waals surface area contributed by atoms with E-state index in [-0.39, 0.29) is 11.6 Å². The van der Waals surface area contributed by atoms with Crippen LogP contribution in [0.5, 0.6) is 0 Å². The number of aryl methyl sites for hydroxylation is 1. The van der Waals surface area contributed by atoms with Crippen LogP contribution in [0.1, 0.15) is 37.4 Å². The summed E-state index contributed by atoms with van der Waals surface area (Å²) < 4.78 is 2.30. The minimum Gasteiger partial charge on any atom is -0.353 e. The number of hydrogen-bond acceptors (Lipinski definition) is 2. The zero-order valence-corrected chi connectivity index (χ0v) is 10.6. The van der Waals surface area contributed by atoms with E-state index in [1.165, 1.54) is 12.8 Å². The van der Waals surface area contributed by atoms with Crippen molar-refractivity contribution in [1.29, 1.82) is 0 Å². The molecule has 3 rings (SSSR count). The van der Waals surface area contributed by atoms with Crippen LogP contribution in [0.25, 0.3) is 11.0 Å². The molecule has 0 amide bonds. The summed E-state index contributed by atoms with van der Waals surface area (Å²) in [5.41, 5.74) is 2.45. The molecule has 0 atom stereocenters. The van der Waals surface area contributed by atoms with Crippen LogP contribution in [0.3, 0.4) is 0 Å². The summed E-state index contributed by atoms with van der Waals surface area (Å²) in [5.74, 6) is 0. The van der Waals surface area contributed by atoms with Gasteiger partial charge in [-0.1, -0.05) is 12.8 Å². The maximum atomic E-state index is 12.4. The molecule has 2 heterocycles. The zero-order chi connectivity index (χ0) is 12.0. The van der Waals surface area contributed by atoms with Crippen LogP contribution in [-0.2, 0) is 0 Å². The minimum atomic E-state index is 0.0174. The summed E-state index contributed by atoms with van der Waals surface area (Å²) in [4.78, 5) is 18.6. The van der Waals surface area contributed by atoms with Gasteiger partial charge in [-0.3, -0.25) is 9.36 Å². The molecule has 0 bridgehead atoms. The fraction of sp³-hybridized carbons (Fsp3) is 0.500. The second kappa shape index (κ2) is 3.84. The molecule has 1 fully saturated rings. The summed E-state index contributed by atoms with van der Waals surface area (Å²) in [7, 11) is 0. The molecular formula is C12H15N3OS. The minimum absolute atomic E-state index is 0.0174. The van der Waals surface area contributed by atoms with E-state index in [4.69, 9.17) is 12.2 Å². The Balaban J connectivity index is 2.30. The predicted octanol–water partition coefficient (Wildman–Crippen LogP) is 2.81. The lowest BCUT2D eigenvalue weighted by molar-refractivity contribution is 0.492. The number of H-pyrrole nitrogens is 2. The van der Waals surface area contributed by atoms with Gasteiger partial charge < -0.3 is 9.97 Å². The first kappa shape index (κ1) is 10.8. The van der Waals surface area contributed by atoms with E-state index in [0.717, 1.165) is 24.1 Å². The van der Waals surface area contributed by atoms with Crippen molar-refractivity contribution in [3.63, 3.8) is 0 Å². The number of aromatic nitrogens is 3. The molecule has 90 valence electrons. The van der Waals surface area contributed by atoms with Crippen LogP contribution in [0.4, 0.5) is 0 Å². The van der Waals surface area contributed by atoms with Gasteiger partial charge in [0.15, 0.2) is 4.77 Å². The second-order valence-corrected chi connectivity index (χ2v) is 5.17. The fourth-order valence-corrected chi connectivity index (χ4v) is 3.08. The lowest BCUT2D eigenvalue weighted by Gasteiger charge is -2.13. The molecule has 0 aromatic carbocycles. The molecule has 2 aromatic rings. The van der Waals surface area contributed by atoms with E-state index < -0.39 is 0 Å². The van der Waals surface area contributed by atoms with Crippen molar-refractivity contribution < 1.29 is 0 Å². The first-order valence-corrected chi connectivity index (χ1v) is 6.42. The molecule has 0 saturated heterocycles. The Bertz CT molecular complexity index is 673. The van der Waals surface area contributed by atoms with Gasteiger partial charge in [0.05, 0.1) is 5.52 Å². The van der Waals surface area contributed by atoms with Crippen molar-refractivity contribution in [2.75, 3.05) is 0 Å². The third-order valence-corrected chi connectivity index (χ3v) is 3.83. The molecular weight excluding hydrogens is 234 g/mol. The summed E-state index contributed by atoms with van der Waals surface area (Å²) in [6.45, 7) is 1.94. The van der Waals surface area contributed by atoms with Gasteiger partial charge >= 0.3 is 0 Å². The van der Waals surface area contributed by atoms with Crippen molar-refractivity contribution in [1.82, 2.24) is 14.5 Å². The van der Waals surface area contributed by atoms with Gasteiger partial charge in [-0.15, -0.1) is 0 Å². The van der Waals surface area contributed by atoms with Crippen LogP contribution >= 0.6 is 12.2 Å². The highest BCUT2D eigenvalue weighted by Crippen LogP contribution is 2.28. The number of nitrogens with one attached hydrogen (secondary N) is 2. The van der Waals surface area contributed by atoms with E-state index in [2.05, 4.69) is 9.97 Å². The van der Waals surface area contributed by atoms with Gasteiger partial charge in [0, 0.05) is 11.7 Å². The van der Waals surface area contributed by atoms with E-state index in [1.54, 1.807) is 4.57 Å². The Kier molecular flexibility index (Phi) is 2.43. The summed E-state index contributed by atoms with van der Waals surface area (Å²) in [5, 5.41) is 0. The molecule has 1 aliphatic carbocycles. The van der Waals surface area contributed by atoms with Gasteiger partial charge in [-0.2, -0.15) is 0 Å². The Morgan fingerprint density at radius 1 is 1.35 bits per heavy atom. The van der Waals surface area contributed by atoms with Crippen LogP contribution < -0.4 is 5.56 Å². The monoisotopic (exact) mass is 249 g/mol. The quantitative estimate of drug-likeness (QED) is 0.764. The molecule has 1 saturated carbocycles. The standard InChI is InChI=1S/C12H15N3OS/c1-7-6-9-10(13-7)11(16)15(12(17)14-9)8-4-2-3-5-8/h6,8,13H,2-5H2,1H3,(H,14,17). The number of rotatable bonds is 1. The van der Waals surface area contributed by atoms with Gasteiger partial charge in [0.1, 0.15) is 5.52 Å². The highest BCUT2D eigenvalue weighted by atomic mass is 32.1. The van der Waals surface area contributed by atoms with Crippen molar-refractivity contribution in [3.05, 3.63) is 26.9 Å². The van der Waals surface area contributed by atoms with Crippen LogP contribution in [0, 0.1) is 11.7 Å². The molecule has 0 aliphatic heterocycles. The maximum absolute atomic E-state index is 12.4. The second-order valence-electron chi connectivity index (χ2n) is 4.78. The topological polar surface area (TPSA) is 53.6 Å². The molecule has 17 heavy (non-hydrogen) atoms. The Morgan fingerprint density at radius 3 is 2.76 bits per heavy atom. The zero-order valence-electron chi connectivity index (χ0n) is 9.75. The molecule has 4 nitrogen and oxygen atoms in total. The predicted molar refractivity (Wildman–Crippen MR) is 70.0 cm³/mol. The molecule has 0 radical (unpaired) electrons. The number of fused-ring (bicyclic) bond motifs is 1. The summed E-state index contributed by atoms with van der Waals surface area (Å²) in [6.07, 6.45) is 4.49. The third-order valence-electron chi connectivity index (χ3n) is 3.54. The van der Waals surface area contributed by atoms with E-state index in [9.17, 15) is 4.79 Å². The highest BCUT2D eigenvalue weighted by Gasteiger charge is 2.20. The molecule has 0 unspecified atom stereocenters. The van der Waals surface area contributed by atoms with Crippen LogP contribution in [-0.4, -0.2) is 14.5 Å². The SMILES string of the molecule is Cc1cc2[nH]c(=S)n(C3CCCC3)c(=O)c2[nH]1. The number of hydrogen-bond donors (Lipinski definition) is 2. The fourth-order valence-electron chi connectivity index (χ4n) is 2.74. The Labute approximate surface area is 104 Å². The lowest BCUT2D eigenvalue weighted by Crippen LogP contribution is -2.25. The molecule has 5 heteroatoms. The van der Waals surface area contributed by atoms with Crippen molar-refractivity contribution in [3.8, 4) is 0 Å². The average Bonchev–Trinajstić information content (AvgIpc) is 2.87. The highest BCUT2D eigenvalue weighted by molar-refractivity contribution is 7.71. The van der Waals surface area contributed by atoms with E-state index in [0.29, 0.717) is 10.3 Å². The normalized spacial score (nSPS) is 17.0. The molecule has 2 N–H and O–H groups in total. The molecule has 2 aromatic heterocycles. The number of aromatic amines is 2. The maximum Gasteiger partial charge on any atom is 0.278 e. The van der Waals surface area contributed by atoms with E-state index >= 15 is 0 Å². The van der Waals surface area contributed by atoms with Crippen molar-refractivity contribution >= 4 is 23.3 Å². The third kappa shape index (κ3) is 1.65. The largest absolute Gasteiger partial charge is 0.353 e. The van der Waals surface area contributed by atoms with Gasteiger partial charge in [-0.25, -0.2) is 0 Å². The van der Waals surface area contributed by atoms with Crippen molar-refractivity contribution in [2.24, 2.45) is 0 Å². The lowest BCUT2D eigenvalue weighted by atomic mass is 10.2. The molecule has 1 aliphatic rings. The Morgan fingerprint density at radius 2 is 2.06 bits per heavy atom. The molecule has 0 spiro atoms.